The molecule has 0 heterocycles. The fraction of sp³-hybridized carbons (Fsp3) is 1.00. The first-order valence-electron chi connectivity index (χ1n) is 7.11. The van der Waals surface area contributed by atoms with Crippen LogP contribution in [0.3, 0.4) is 0 Å². The van der Waals surface area contributed by atoms with Gasteiger partial charge in [0.05, 0.1) is 5.92 Å². The van der Waals surface area contributed by atoms with Crippen LogP contribution in [0.1, 0.15) is 58.8 Å². The molecule has 0 bridgehead atoms. The van der Waals surface area contributed by atoms with Crippen molar-refractivity contribution in [3.05, 3.63) is 0 Å². The van der Waals surface area contributed by atoms with Crippen molar-refractivity contribution in [2.45, 2.75) is 77.1 Å². The normalized spacial score (nSPS) is 36.8. The summed E-state index contributed by atoms with van der Waals surface area (Å²) in [5.74, 6) is -1.13. The van der Waals surface area contributed by atoms with Crippen molar-refractivity contribution in [3.8, 4) is 0 Å². The Morgan fingerprint density at radius 2 is 1.72 bits per heavy atom. The van der Waals surface area contributed by atoms with Gasteiger partial charge in [-0.15, -0.1) is 0 Å². The molecular weight excluding hydrogens is 239 g/mol. The first-order chi connectivity index (χ1) is 8.28. The zero-order chi connectivity index (χ0) is 13.4. The zero-order valence-electron chi connectivity index (χ0n) is 11.3. The number of alkyl halides is 3. The summed E-state index contributed by atoms with van der Waals surface area (Å²) in [5.41, 5.74) is 0.292. The Labute approximate surface area is 108 Å². The summed E-state index contributed by atoms with van der Waals surface area (Å²) >= 11 is 0. The molecule has 0 aromatic heterocycles. The Kier molecular flexibility index (Phi) is 3.96. The van der Waals surface area contributed by atoms with Gasteiger partial charge in [0.1, 0.15) is 0 Å². The summed E-state index contributed by atoms with van der Waals surface area (Å²) in [5, 5.41) is 3.31. The number of hydrogen-bond acceptors (Lipinski definition) is 1. The van der Waals surface area contributed by atoms with Crippen molar-refractivity contribution in [2.75, 3.05) is 0 Å². The minimum Gasteiger partial charge on any atom is -0.311 e. The average Bonchev–Trinajstić information content (AvgIpc) is 2.57. The van der Waals surface area contributed by atoms with Crippen LogP contribution in [-0.4, -0.2) is 18.3 Å². The molecular formula is C14H24F3N. The highest BCUT2D eigenvalue weighted by molar-refractivity contribution is 4.92. The summed E-state index contributed by atoms with van der Waals surface area (Å²) in [4.78, 5) is 0. The molecule has 18 heavy (non-hydrogen) atoms. The molecule has 3 atom stereocenters. The second-order valence-corrected chi connectivity index (χ2v) is 6.81. The summed E-state index contributed by atoms with van der Waals surface area (Å²) < 4.78 is 38.9. The molecule has 2 saturated carbocycles. The average molecular weight is 263 g/mol. The highest BCUT2D eigenvalue weighted by Crippen LogP contribution is 2.41. The van der Waals surface area contributed by atoms with E-state index in [2.05, 4.69) is 19.2 Å². The molecule has 106 valence electrons. The predicted octanol–water partition coefficient (Wildman–Crippen LogP) is 4.28. The molecule has 2 fully saturated rings. The SMILES string of the molecule is CC1(C)CCC(NC2CCCCC2C(F)(F)F)C1. The van der Waals surface area contributed by atoms with Crippen LogP contribution in [0.4, 0.5) is 13.2 Å². The monoisotopic (exact) mass is 263 g/mol. The molecule has 0 aliphatic heterocycles. The van der Waals surface area contributed by atoms with E-state index in [1.165, 1.54) is 0 Å². The van der Waals surface area contributed by atoms with Gasteiger partial charge in [-0.2, -0.15) is 13.2 Å². The quantitative estimate of drug-likeness (QED) is 0.784. The lowest BCUT2D eigenvalue weighted by atomic mass is 9.83. The van der Waals surface area contributed by atoms with Crippen LogP contribution in [0.25, 0.3) is 0 Å². The largest absolute Gasteiger partial charge is 0.393 e. The van der Waals surface area contributed by atoms with Crippen LogP contribution in [-0.2, 0) is 0 Å². The van der Waals surface area contributed by atoms with Crippen molar-refractivity contribution in [2.24, 2.45) is 11.3 Å². The minimum atomic E-state index is -4.04. The van der Waals surface area contributed by atoms with E-state index < -0.39 is 12.1 Å². The fourth-order valence-corrected chi connectivity index (χ4v) is 3.60. The van der Waals surface area contributed by atoms with E-state index in [1.807, 2.05) is 0 Å². The number of hydrogen-bond donors (Lipinski definition) is 1. The first kappa shape index (κ1) is 14.2. The molecule has 3 unspecified atom stereocenters. The van der Waals surface area contributed by atoms with Gasteiger partial charge in [0.15, 0.2) is 0 Å². The van der Waals surface area contributed by atoms with Gasteiger partial charge >= 0.3 is 6.18 Å². The van der Waals surface area contributed by atoms with Crippen molar-refractivity contribution >= 4 is 0 Å². The van der Waals surface area contributed by atoms with E-state index in [-0.39, 0.29) is 12.1 Å². The van der Waals surface area contributed by atoms with Crippen molar-refractivity contribution < 1.29 is 13.2 Å². The van der Waals surface area contributed by atoms with Crippen molar-refractivity contribution in [1.29, 1.82) is 0 Å². The van der Waals surface area contributed by atoms with Gasteiger partial charge in [-0.05, 0) is 37.5 Å². The minimum absolute atomic E-state index is 0.285. The molecule has 0 aromatic rings. The Morgan fingerprint density at radius 3 is 2.28 bits per heavy atom. The van der Waals surface area contributed by atoms with E-state index in [0.29, 0.717) is 18.3 Å². The molecule has 0 saturated heterocycles. The molecule has 1 nitrogen and oxygen atoms in total. The molecule has 0 spiro atoms. The summed E-state index contributed by atoms with van der Waals surface area (Å²) in [6.07, 6.45) is 1.75. The van der Waals surface area contributed by atoms with E-state index in [9.17, 15) is 13.2 Å². The standard InChI is InChI=1S/C14H24F3N/c1-13(2)8-7-10(9-13)18-12-6-4-3-5-11(12)14(15,16)17/h10-12,18H,3-9H2,1-2H3. The van der Waals surface area contributed by atoms with Crippen molar-refractivity contribution in [3.63, 3.8) is 0 Å². The lowest BCUT2D eigenvalue weighted by molar-refractivity contribution is -0.189. The van der Waals surface area contributed by atoms with Crippen LogP contribution >= 0.6 is 0 Å². The third-order valence-corrected chi connectivity index (χ3v) is 4.60. The van der Waals surface area contributed by atoms with Crippen LogP contribution in [0.5, 0.6) is 0 Å². The third-order valence-electron chi connectivity index (χ3n) is 4.60. The van der Waals surface area contributed by atoms with Gasteiger partial charge in [0.2, 0.25) is 0 Å². The van der Waals surface area contributed by atoms with E-state index in [0.717, 1.165) is 32.1 Å². The molecule has 1 N–H and O–H groups in total. The second kappa shape index (κ2) is 5.03. The van der Waals surface area contributed by atoms with Gasteiger partial charge < -0.3 is 5.32 Å². The van der Waals surface area contributed by atoms with Crippen LogP contribution < -0.4 is 5.32 Å². The molecule has 4 heteroatoms. The van der Waals surface area contributed by atoms with Crippen LogP contribution in [0, 0.1) is 11.3 Å². The smallest absolute Gasteiger partial charge is 0.311 e. The van der Waals surface area contributed by atoms with Gasteiger partial charge in [-0.1, -0.05) is 26.7 Å². The Balaban J connectivity index is 1.94. The number of rotatable bonds is 2. The van der Waals surface area contributed by atoms with E-state index in [1.54, 1.807) is 0 Å². The van der Waals surface area contributed by atoms with Crippen LogP contribution in [0.2, 0.25) is 0 Å². The highest BCUT2D eigenvalue weighted by Gasteiger charge is 2.46. The zero-order valence-corrected chi connectivity index (χ0v) is 11.3. The predicted molar refractivity (Wildman–Crippen MR) is 66.4 cm³/mol. The maximum atomic E-state index is 13.0. The number of nitrogens with one attached hydrogen (secondary N) is 1. The van der Waals surface area contributed by atoms with Gasteiger partial charge in [-0.25, -0.2) is 0 Å². The fourth-order valence-electron chi connectivity index (χ4n) is 3.60. The maximum Gasteiger partial charge on any atom is 0.393 e. The topological polar surface area (TPSA) is 12.0 Å². The Bertz CT molecular complexity index is 285. The van der Waals surface area contributed by atoms with Crippen molar-refractivity contribution in [1.82, 2.24) is 5.32 Å². The molecule has 0 aromatic carbocycles. The number of halogens is 3. The van der Waals surface area contributed by atoms with E-state index in [4.69, 9.17) is 0 Å². The molecule has 0 radical (unpaired) electrons. The molecule has 2 aliphatic rings. The Hall–Kier alpha value is -0.250. The molecule has 0 amide bonds. The molecule has 2 rings (SSSR count). The van der Waals surface area contributed by atoms with Crippen LogP contribution in [0.15, 0.2) is 0 Å². The van der Waals surface area contributed by atoms with Gasteiger partial charge in [0, 0.05) is 12.1 Å². The third kappa shape index (κ3) is 3.40. The summed E-state index contributed by atoms with van der Waals surface area (Å²) in [6.45, 7) is 4.41. The summed E-state index contributed by atoms with van der Waals surface area (Å²) in [7, 11) is 0. The second-order valence-electron chi connectivity index (χ2n) is 6.81. The lowest BCUT2D eigenvalue weighted by Gasteiger charge is -2.35. The first-order valence-corrected chi connectivity index (χ1v) is 7.11. The lowest BCUT2D eigenvalue weighted by Crippen LogP contribution is -2.48. The summed E-state index contributed by atoms with van der Waals surface area (Å²) in [6, 6.07) is -0.0643. The molecule has 2 aliphatic carbocycles. The maximum absolute atomic E-state index is 13.0. The Morgan fingerprint density at radius 1 is 1.06 bits per heavy atom. The highest BCUT2D eigenvalue weighted by atomic mass is 19.4. The van der Waals surface area contributed by atoms with E-state index >= 15 is 0 Å². The van der Waals surface area contributed by atoms with Gasteiger partial charge in [-0.3, -0.25) is 0 Å². The van der Waals surface area contributed by atoms with Gasteiger partial charge in [0.25, 0.3) is 0 Å².